The third-order valence-electron chi connectivity index (χ3n) is 3.23. The summed E-state index contributed by atoms with van der Waals surface area (Å²) in [6.45, 7) is 9.84. The molecule has 2 aromatic carbocycles. The number of phosphoric ester groups is 1. The van der Waals surface area contributed by atoms with E-state index in [0.29, 0.717) is 0 Å². The maximum Gasteiger partial charge on any atom is 0.585 e. The summed E-state index contributed by atoms with van der Waals surface area (Å²) in [5.74, 6) is -2.06. The van der Waals surface area contributed by atoms with Gasteiger partial charge in [0.15, 0.2) is 23.0 Å². The predicted octanol–water partition coefficient (Wildman–Crippen LogP) is 4.21. The van der Waals surface area contributed by atoms with E-state index in [-0.39, 0.29) is 34.1 Å². The van der Waals surface area contributed by atoms with Crippen molar-refractivity contribution in [1.82, 2.24) is 0 Å². The van der Waals surface area contributed by atoms with Gasteiger partial charge in [0.05, 0.1) is 0 Å². The molecular formula is C20H19O8P. The van der Waals surface area contributed by atoms with E-state index in [2.05, 4.69) is 13.2 Å². The van der Waals surface area contributed by atoms with Crippen molar-refractivity contribution in [3.8, 4) is 23.0 Å². The van der Waals surface area contributed by atoms with Crippen LogP contribution >= 0.6 is 7.82 Å². The van der Waals surface area contributed by atoms with E-state index in [1.165, 1.54) is 50.2 Å². The average Bonchev–Trinajstić information content (AvgIpc) is 2.64. The van der Waals surface area contributed by atoms with Gasteiger partial charge in [0.25, 0.3) is 0 Å². The molecule has 0 aliphatic rings. The van der Waals surface area contributed by atoms with Gasteiger partial charge in [0, 0.05) is 11.1 Å². The molecule has 8 nitrogen and oxygen atoms in total. The molecule has 0 atom stereocenters. The molecule has 0 amide bonds. The van der Waals surface area contributed by atoms with Gasteiger partial charge < -0.3 is 18.5 Å². The van der Waals surface area contributed by atoms with Crippen LogP contribution in [0, 0.1) is 0 Å². The Kier molecular flexibility index (Phi) is 6.98. The minimum absolute atomic E-state index is 0.0969. The third kappa shape index (κ3) is 6.34. The number of rotatable bonds is 8. The Balaban J connectivity index is 2.23. The molecule has 29 heavy (non-hydrogen) atoms. The van der Waals surface area contributed by atoms with Gasteiger partial charge in [0.1, 0.15) is 0 Å². The van der Waals surface area contributed by atoms with Crippen molar-refractivity contribution in [1.29, 1.82) is 0 Å². The number of para-hydroxylation sites is 4. The maximum atomic E-state index is 12.5. The first kappa shape index (κ1) is 21.9. The minimum Gasteiger partial charge on any atom is -0.419 e. The van der Waals surface area contributed by atoms with Crippen molar-refractivity contribution in [3.63, 3.8) is 0 Å². The van der Waals surface area contributed by atoms with Crippen LogP contribution < -0.4 is 18.5 Å². The van der Waals surface area contributed by atoms with E-state index in [4.69, 9.17) is 18.5 Å². The van der Waals surface area contributed by atoms with Crippen molar-refractivity contribution < 1.29 is 37.6 Å². The number of benzene rings is 2. The first-order valence-corrected chi connectivity index (χ1v) is 9.74. The molecule has 9 heteroatoms. The summed E-state index contributed by atoms with van der Waals surface area (Å²) in [6, 6.07) is 11.5. The van der Waals surface area contributed by atoms with Crippen LogP contribution in [0.2, 0.25) is 0 Å². The lowest BCUT2D eigenvalue weighted by Crippen LogP contribution is -2.10. The third-order valence-corrected chi connectivity index (χ3v) is 4.08. The monoisotopic (exact) mass is 418 g/mol. The number of hydrogen-bond donors (Lipinski definition) is 1. The van der Waals surface area contributed by atoms with Gasteiger partial charge in [-0.2, -0.15) is 0 Å². The zero-order valence-corrected chi connectivity index (χ0v) is 16.7. The fourth-order valence-electron chi connectivity index (χ4n) is 1.86. The SMILES string of the molecule is C=C(C)C(=O)Oc1ccccc1OP(=O)(O)Oc1ccccc1OC(=O)C(=C)C. The summed E-state index contributed by atoms with van der Waals surface area (Å²) < 4.78 is 32.7. The fourth-order valence-corrected chi connectivity index (χ4v) is 2.70. The molecule has 0 aromatic heterocycles. The number of carbonyl (C=O) groups excluding carboxylic acids is 2. The molecule has 0 radical (unpaired) electrons. The molecule has 0 saturated carbocycles. The Hall–Kier alpha value is -3.35. The molecule has 2 aromatic rings. The molecule has 152 valence electrons. The number of carbonyl (C=O) groups is 2. The fraction of sp³-hybridized carbons (Fsp3) is 0.100. The molecule has 0 fully saturated rings. The number of esters is 2. The summed E-state index contributed by atoms with van der Waals surface area (Å²) in [7, 11) is -4.75. The standard InChI is InChI=1S/C20H19O8P/c1-13(2)19(21)25-15-9-5-7-11-17(15)27-29(23,24)28-18-12-8-6-10-16(18)26-20(22)14(3)4/h5-12H,1,3H2,2,4H3,(H,23,24). The van der Waals surface area contributed by atoms with Crippen molar-refractivity contribution in [3.05, 3.63) is 72.8 Å². The second-order valence-electron chi connectivity index (χ2n) is 5.88. The molecule has 0 bridgehead atoms. The van der Waals surface area contributed by atoms with Crippen LogP contribution in [0.4, 0.5) is 0 Å². The topological polar surface area (TPSA) is 108 Å². The van der Waals surface area contributed by atoms with Crippen molar-refractivity contribution in [2.45, 2.75) is 13.8 Å². The van der Waals surface area contributed by atoms with Crippen molar-refractivity contribution >= 4 is 19.8 Å². The molecule has 0 saturated heterocycles. The van der Waals surface area contributed by atoms with E-state index < -0.39 is 19.8 Å². The molecule has 1 N–H and O–H groups in total. The molecular weight excluding hydrogens is 399 g/mol. The maximum absolute atomic E-state index is 12.5. The molecule has 0 unspecified atom stereocenters. The second kappa shape index (κ2) is 9.23. The zero-order chi connectivity index (χ0) is 21.6. The molecule has 2 rings (SSSR count). The van der Waals surface area contributed by atoms with Gasteiger partial charge in [0.2, 0.25) is 0 Å². The lowest BCUT2D eigenvalue weighted by molar-refractivity contribution is -0.131. The summed E-state index contributed by atoms with van der Waals surface area (Å²) in [5, 5.41) is 0. The normalized spacial score (nSPS) is 10.6. The summed E-state index contributed by atoms with van der Waals surface area (Å²) in [6.07, 6.45) is 0. The van der Waals surface area contributed by atoms with E-state index in [0.717, 1.165) is 0 Å². The quantitative estimate of drug-likeness (QED) is 0.294. The Morgan fingerprint density at radius 2 is 1.07 bits per heavy atom. The van der Waals surface area contributed by atoms with E-state index in [1.807, 2.05) is 0 Å². The molecule has 0 aliphatic carbocycles. The first-order valence-electron chi connectivity index (χ1n) is 8.24. The number of hydrogen-bond acceptors (Lipinski definition) is 7. The Bertz CT molecular complexity index is 934. The Morgan fingerprint density at radius 1 is 0.759 bits per heavy atom. The number of phosphoric acid groups is 1. The van der Waals surface area contributed by atoms with Crippen LogP contribution in [0.3, 0.4) is 0 Å². The van der Waals surface area contributed by atoms with Gasteiger partial charge in [-0.05, 0) is 38.1 Å². The highest BCUT2D eigenvalue weighted by Crippen LogP contribution is 2.48. The van der Waals surface area contributed by atoms with Crippen molar-refractivity contribution in [2.24, 2.45) is 0 Å². The lowest BCUT2D eigenvalue weighted by Gasteiger charge is -2.17. The highest BCUT2D eigenvalue weighted by Gasteiger charge is 2.29. The second-order valence-corrected chi connectivity index (χ2v) is 7.19. The summed E-state index contributed by atoms with van der Waals surface area (Å²) >= 11 is 0. The van der Waals surface area contributed by atoms with E-state index >= 15 is 0 Å². The molecule has 0 spiro atoms. The highest BCUT2D eigenvalue weighted by atomic mass is 31.2. The van der Waals surface area contributed by atoms with Crippen LogP contribution in [0.15, 0.2) is 72.8 Å². The van der Waals surface area contributed by atoms with Gasteiger partial charge in [-0.25, -0.2) is 14.2 Å². The van der Waals surface area contributed by atoms with Crippen LogP contribution in [-0.2, 0) is 14.2 Å². The van der Waals surface area contributed by atoms with Gasteiger partial charge in [-0.15, -0.1) is 0 Å². The highest BCUT2D eigenvalue weighted by molar-refractivity contribution is 7.48. The largest absolute Gasteiger partial charge is 0.585 e. The summed E-state index contributed by atoms with van der Waals surface area (Å²) in [4.78, 5) is 33.6. The molecule has 0 aliphatic heterocycles. The van der Waals surface area contributed by atoms with Gasteiger partial charge in [-0.3, -0.25) is 4.89 Å². The number of ether oxygens (including phenoxy) is 2. The summed E-state index contributed by atoms with van der Waals surface area (Å²) in [5.41, 5.74) is 0.271. The van der Waals surface area contributed by atoms with Crippen LogP contribution in [0.1, 0.15) is 13.8 Å². The smallest absolute Gasteiger partial charge is 0.419 e. The lowest BCUT2D eigenvalue weighted by atomic mass is 10.3. The molecule has 0 heterocycles. The van der Waals surface area contributed by atoms with Crippen LogP contribution in [0.25, 0.3) is 0 Å². The van der Waals surface area contributed by atoms with E-state index in [1.54, 1.807) is 12.1 Å². The Labute approximate surface area is 167 Å². The van der Waals surface area contributed by atoms with Gasteiger partial charge >= 0.3 is 19.8 Å². The minimum atomic E-state index is -4.75. The van der Waals surface area contributed by atoms with Crippen molar-refractivity contribution in [2.75, 3.05) is 0 Å². The van der Waals surface area contributed by atoms with E-state index in [9.17, 15) is 19.0 Å². The predicted molar refractivity (Wildman–Crippen MR) is 105 cm³/mol. The zero-order valence-electron chi connectivity index (χ0n) is 15.8. The van der Waals surface area contributed by atoms with Crippen LogP contribution in [-0.4, -0.2) is 16.8 Å². The average molecular weight is 418 g/mol. The first-order chi connectivity index (χ1) is 13.6. The Morgan fingerprint density at radius 3 is 1.38 bits per heavy atom. The van der Waals surface area contributed by atoms with Gasteiger partial charge in [-0.1, -0.05) is 37.4 Å². The van der Waals surface area contributed by atoms with Crippen LogP contribution in [0.5, 0.6) is 23.0 Å².